The monoisotopic (exact) mass is 786 g/mol. The van der Waals surface area contributed by atoms with Crippen molar-refractivity contribution in [3.63, 3.8) is 0 Å². The smallest absolute Gasteiger partial charge is 0.291 e. The Morgan fingerprint density at radius 3 is 1.42 bits per heavy atom. The average Bonchev–Trinajstić information content (AvgIpc) is 3.12. The van der Waals surface area contributed by atoms with Gasteiger partial charge in [-0.05, 0) is 132 Å². The Labute approximate surface area is 331 Å². The van der Waals surface area contributed by atoms with Gasteiger partial charge in [0.1, 0.15) is 5.78 Å². The van der Waals surface area contributed by atoms with Crippen molar-refractivity contribution in [2.45, 2.75) is 206 Å². The van der Waals surface area contributed by atoms with Crippen LogP contribution in [0.5, 0.6) is 0 Å². The van der Waals surface area contributed by atoms with Crippen molar-refractivity contribution in [3.05, 3.63) is 22.3 Å². The van der Waals surface area contributed by atoms with Gasteiger partial charge in [0.05, 0.1) is 30.5 Å². The largest absolute Gasteiger partial charge is 0.396 e. The number of hydrogen-bond acceptors (Lipinski definition) is 11. The molecule has 7 N–H and O–H groups in total. The first kappa shape index (κ1) is 51.2. The van der Waals surface area contributed by atoms with Crippen molar-refractivity contribution in [1.29, 1.82) is 0 Å². The molecule has 6 fully saturated rings. The Balaban J connectivity index is 0.000000333. The molecule has 0 radical (unpaired) electrons. The van der Waals surface area contributed by atoms with Crippen molar-refractivity contribution in [2.24, 2.45) is 29.1 Å². The third-order valence-corrected chi connectivity index (χ3v) is 12.0. The first-order valence-corrected chi connectivity index (χ1v) is 21.4. The molecule has 6 aliphatic carbocycles. The summed E-state index contributed by atoms with van der Waals surface area (Å²) in [5.41, 5.74) is 0.270. The molecule has 0 bridgehead atoms. The Bertz CT molecular complexity index is 1020. The third-order valence-electron chi connectivity index (χ3n) is 12.0. The van der Waals surface area contributed by atoms with Crippen LogP contribution in [0.2, 0.25) is 0 Å². The van der Waals surface area contributed by atoms with E-state index < -0.39 is 11.0 Å². The normalized spacial score (nSPS) is 34.5. The molecule has 0 aromatic heterocycles. The molecule has 6 atom stereocenters. The van der Waals surface area contributed by atoms with Crippen LogP contribution in [0.1, 0.15) is 169 Å². The predicted octanol–water partition coefficient (Wildman–Crippen LogP) is 6.24. The Kier molecular flexibility index (Phi) is 25.9. The quantitative estimate of drug-likeness (QED) is 0.0965. The number of Topliss-reactive ketones (excluding diaryl/α,β-unsaturated/α-hetero) is 2. The highest BCUT2D eigenvalue weighted by atomic mass is 16.6. The van der Waals surface area contributed by atoms with E-state index in [1.165, 1.54) is 25.7 Å². The summed E-state index contributed by atoms with van der Waals surface area (Å²) in [5.74, 6) is 2.11. The lowest BCUT2D eigenvalue weighted by atomic mass is 9.73. The van der Waals surface area contributed by atoms with Crippen molar-refractivity contribution < 1.29 is 50.3 Å². The second-order valence-corrected chi connectivity index (χ2v) is 18.0. The molecule has 6 rings (SSSR count). The highest BCUT2D eigenvalue weighted by Gasteiger charge is 2.42. The molecule has 0 aliphatic heterocycles. The molecule has 0 aromatic carbocycles. The second kappa shape index (κ2) is 27.8. The van der Waals surface area contributed by atoms with Crippen LogP contribution in [-0.2, 0) is 9.59 Å². The Hall–Kier alpha value is -1.80. The lowest BCUT2D eigenvalue weighted by molar-refractivity contribution is -0.499. The van der Waals surface area contributed by atoms with Crippen molar-refractivity contribution in [1.82, 2.24) is 0 Å². The van der Waals surface area contributed by atoms with Crippen LogP contribution in [0, 0.1) is 39.2 Å². The minimum atomic E-state index is -1.16. The number of aliphatic hydroxyl groups excluding tert-OH is 7. The minimum absolute atomic E-state index is 0.00347. The maximum atomic E-state index is 11.4. The number of nitrogens with zero attached hydrogens (tertiary/aromatic N) is 1. The van der Waals surface area contributed by atoms with E-state index in [1.54, 1.807) is 0 Å². The van der Waals surface area contributed by atoms with Gasteiger partial charge in [0.2, 0.25) is 5.78 Å². The summed E-state index contributed by atoms with van der Waals surface area (Å²) in [4.78, 5) is 32.1. The van der Waals surface area contributed by atoms with Crippen LogP contribution >= 0.6 is 0 Å². The van der Waals surface area contributed by atoms with Gasteiger partial charge >= 0.3 is 0 Å². The van der Waals surface area contributed by atoms with Crippen LogP contribution in [-0.4, -0.2) is 102 Å². The van der Waals surface area contributed by atoms with Crippen molar-refractivity contribution >= 4 is 11.6 Å². The zero-order valence-corrected chi connectivity index (χ0v) is 34.7. The summed E-state index contributed by atoms with van der Waals surface area (Å²) in [6, 6.07) is -1.16. The van der Waals surface area contributed by atoms with Gasteiger partial charge in [-0.2, -0.15) is 0 Å². The summed E-state index contributed by atoms with van der Waals surface area (Å²) in [5, 5.41) is 72.9. The van der Waals surface area contributed by atoms with E-state index in [-0.39, 0.29) is 48.1 Å². The number of ketones is 2. The van der Waals surface area contributed by atoms with E-state index in [0.717, 1.165) is 96.3 Å². The Morgan fingerprint density at radius 1 is 0.636 bits per heavy atom. The minimum Gasteiger partial charge on any atom is -0.396 e. The molecule has 322 valence electrons. The number of aliphatic hydroxyl groups is 7. The average molecular weight is 786 g/mol. The van der Waals surface area contributed by atoms with Gasteiger partial charge in [0.15, 0.2) is 0 Å². The number of carbonyl (C=O) groups excluding carboxylic acids is 2. The molecule has 4 unspecified atom stereocenters. The van der Waals surface area contributed by atoms with Gasteiger partial charge in [-0.25, -0.2) is 0 Å². The van der Waals surface area contributed by atoms with Crippen LogP contribution < -0.4 is 0 Å². The molecule has 0 amide bonds. The predicted molar refractivity (Wildman–Crippen MR) is 215 cm³/mol. The maximum absolute atomic E-state index is 11.4. The zero-order chi connectivity index (χ0) is 41.6. The molecule has 12 heteroatoms. The van der Waals surface area contributed by atoms with Crippen LogP contribution in [0.15, 0.2) is 12.2 Å². The molecule has 55 heavy (non-hydrogen) atoms. The molecule has 0 heterocycles. The van der Waals surface area contributed by atoms with E-state index in [1.807, 2.05) is 20.8 Å². The SMILES string of the molecule is C=C1CC(C)(C)CC(=O)C1[N+](=O)[O-].CC1CCCCC1=O.C[C@H]1CCCC[C@H]1O.OC1CCC(O)CC1.OC1CCCC(O)C1.OCC1CCC(CO)CC1. The molecule has 0 saturated heterocycles. The van der Waals surface area contributed by atoms with Gasteiger partial charge in [0, 0.05) is 42.5 Å². The summed E-state index contributed by atoms with van der Waals surface area (Å²) in [6.45, 7) is 12.3. The Morgan fingerprint density at radius 2 is 1.11 bits per heavy atom. The zero-order valence-electron chi connectivity index (χ0n) is 34.7. The molecule has 12 nitrogen and oxygen atoms in total. The van der Waals surface area contributed by atoms with Crippen LogP contribution in [0.4, 0.5) is 0 Å². The van der Waals surface area contributed by atoms with Gasteiger partial charge in [-0.1, -0.05) is 53.5 Å². The topological polar surface area (TPSA) is 219 Å². The molecule has 6 aliphatic rings. The van der Waals surface area contributed by atoms with Gasteiger partial charge in [0.25, 0.3) is 6.04 Å². The number of carbonyl (C=O) groups is 2. The standard InChI is InChI=1S/C9H13NO3.C8H16O2.C7H14O.C7H12O.2C6H12O2/c1-6-4-9(2,3)5-7(11)8(6)10(12)13;9-5-7-1-2-8(6-10)4-3-7;2*1-6-4-2-3-5-7(6)8;7-5-1-2-6(8)4-3-5;7-5-2-1-3-6(8)4-5/h8H,1,4-5H2,2-3H3;7-10H,1-6H2;6-8H,2-5H2,1H3;6H,2-5H2,1H3;2*5-8H,1-4H2/t;;6-,7+;;;/m..0.../s1. The summed E-state index contributed by atoms with van der Waals surface area (Å²) in [7, 11) is 0. The highest BCUT2D eigenvalue weighted by molar-refractivity contribution is 5.87. The maximum Gasteiger partial charge on any atom is 0.291 e. The van der Waals surface area contributed by atoms with Crippen molar-refractivity contribution in [2.75, 3.05) is 13.2 Å². The first-order chi connectivity index (χ1) is 25.9. The third kappa shape index (κ3) is 22.7. The summed E-state index contributed by atoms with van der Waals surface area (Å²) in [6.07, 6.45) is 20.0. The molecular weight excluding hydrogens is 706 g/mol. The second-order valence-electron chi connectivity index (χ2n) is 18.0. The molecule has 6 saturated carbocycles. The summed E-state index contributed by atoms with van der Waals surface area (Å²) >= 11 is 0. The first-order valence-electron chi connectivity index (χ1n) is 21.4. The van der Waals surface area contributed by atoms with Crippen LogP contribution in [0.25, 0.3) is 0 Å². The van der Waals surface area contributed by atoms with Crippen LogP contribution in [0.3, 0.4) is 0 Å². The fraction of sp³-hybridized carbons (Fsp3) is 0.907. The fourth-order valence-corrected chi connectivity index (χ4v) is 8.08. The van der Waals surface area contributed by atoms with Gasteiger partial charge < -0.3 is 35.7 Å². The van der Waals surface area contributed by atoms with E-state index in [4.69, 9.17) is 30.6 Å². The lowest BCUT2D eigenvalue weighted by Crippen LogP contribution is -2.40. The number of rotatable bonds is 3. The van der Waals surface area contributed by atoms with E-state index in [0.29, 0.717) is 61.1 Å². The van der Waals surface area contributed by atoms with Crippen molar-refractivity contribution in [3.8, 4) is 0 Å². The van der Waals surface area contributed by atoms with Gasteiger partial charge in [-0.3, -0.25) is 19.7 Å². The van der Waals surface area contributed by atoms with E-state index in [9.17, 15) is 24.8 Å². The number of hydrogen-bond donors (Lipinski definition) is 7. The molecule has 0 aromatic rings. The number of nitro groups is 1. The van der Waals surface area contributed by atoms with Gasteiger partial charge in [-0.15, -0.1) is 0 Å². The summed E-state index contributed by atoms with van der Waals surface area (Å²) < 4.78 is 0. The van der Waals surface area contributed by atoms with E-state index >= 15 is 0 Å². The lowest BCUT2D eigenvalue weighted by Gasteiger charge is -2.30. The highest BCUT2D eigenvalue weighted by Crippen LogP contribution is 2.36. The molecular formula is C43H79NO11. The van der Waals surface area contributed by atoms with E-state index in [2.05, 4.69) is 13.5 Å². The molecule has 0 spiro atoms. The fourth-order valence-electron chi connectivity index (χ4n) is 8.08.